The van der Waals surface area contributed by atoms with Crippen LogP contribution in [0.5, 0.6) is 0 Å². The van der Waals surface area contributed by atoms with E-state index in [0.29, 0.717) is 13.1 Å². The van der Waals surface area contributed by atoms with Crippen molar-refractivity contribution in [1.29, 1.82) is 0 Å². The van der Waals surface area contributed by atoms with Crippen LogP contribution < -0.4 is 5.32 Å². The minimum atomic E-state index is 0.123. The normalized spacial score (nSPS) is 16.8. The molecule has 0 aliphatic carbocycles. The van der Waals surface area contributed by atoms with Crippen molar-refractivity contribution < 1.29 is 9.32 Å². The van der Waals surface area contributed by atoms with Crippen LogP contribution in [-0.2, 0) is 11.3 Å². The third-order valence-electron chi connectivity index (χ3n) is 3.07. The second-order valence-electron chi connectivity index (χ2n) is 4.70. The fourth-order valence-electron chi connectivity index (χ4n) is 2.00. The zero-order valence-corrected chi connectivity index (χ0v) is 11.0. The molecular formula is C12H20N4O2. The average molecular weight is 252 g/mol. The van der Waals surface area contributed by atoms with Crippen molar-refractivity contribution in [2.75, 3.05) is 39.8 Å². The molecule has 2 heterocycles. The van der Waals surface area contributed by atoms with E-state index in [1.165, 1.54) is 0 Å². The predicted octanol–water partition coefficient (Wildman–Crippen LogP) is -0.153. The Kier molecular flexibility index (Phi) is 4.33. The van der Waals surface area contributed by atoms with Gasteiger partial charge in [-0.3, -0.25) is 9.69 Å². The van der Waals surface area contributed by atoms with E-state index in [9.17, 15) is 4.79 Å². The topological polar surface area (TPSA) is 61.6 Å². The minimum Gasteiger partial charge on any atom is -0.361 e. The van der Waals surface area contributed by atoms with E-state index in [-0.39, 0.29) is 5.91 Å². The Bertz CT molecular complexity index is 399. The highest BCUT2D eigenvalue weighted by atomic mass is 16.5. The summed E-state index contributed by atoms with van der Waals surface area (Å²) in [6.45, 7) is 6.61. The van der Waals surface area contributed by atoms with Crippen molar-refractivity contribution >= 4 is 5.91 Å². The Labute approximate surface area is 107 Å². The maximum atomic E-state index is 12.0. The van der Waals surface area contributed by atoms with Crippen LogP contribution >= 0.6 is 0 Å². The first kappa shape index (κ1) is 13.0. The van der Waals surface area contributed by atoms with Crippen LogP contribution in [0.15, 0.2) is 10.6 Å². The van der Waals surface area contributed by atoms with Gasteiger partial charge in [0.1, 0.15) is 11.5 Å². The van der Waals surface area contributed by atoms with Crippen molar-refractivity contribution in [2.45, 2.75) is 13.5 Å². The molecule has 1 fully saturated rings. The number of hydrogen-bond donors (Lipinski definition) is 1. The fraction of sp³-hybridized carbons (Fsp3) is 0.667. The van der Waals surface area contributed by atoms with Gasteiger partial charge in [-0.1, -0.05) is 5.16 Å². The summed E-state index contributed by atoms with van der Waals surface area (Å²) in [5, 5.41) is 7.16. The Morgan fingerprint density at radius 1 is 1.56 bits per heavy atom. The molecule has 0 bridgehead atoms. The zero-order chi connectivity index (χ0) is 13.0. The fourth-order valence-corrected chi connectivity index (χ4v) is 2.00. The Morgan fingerprint density at radius 3 is 2.89 bits per heavy atom. The number of likely N-dealkylation sites (N-methyl/N-ethyl adjacent to an activating group) is 1. The summed E-state index contributed by atoms with van der Waals surface area (Å²) in [6, 6.07) is 1.86. The van der Waals surface area contributed by atoms with E-state index in [1.807, 2.05) is 13.0 Å². The molecule has 1 saturated heterocycles. The lowest BCUT2D eigenvalue weighted by molar-refractivity contribution is -0.131. The van der Waals surface area contributed by atoms with Gasteiger partial charge in [0.05, 0.1) is 13.1 Å². The van der Waals surface area contributed by atoms with Crippen LogP contribution in [0.2, 0.25) is 0 Å². The third kappa shape index (κ3) is 3.54. The van der Waals surface area contributed by atoms with Gasteiger partial charge in [-0.2, -0.15) is 0 Å². The van der Waals surface area contributed by atoms with Gasteiger partial charge in [0.15, 0.2) is 0 Å². The molecule has 18 heavy (non-hydrogen) atoms. The number of nitrogens with one attached hydrogen (secondary N) is 1. The molecule has 100 valence electrons. The van der Waals surface area contributed by atoms with Gasteiger partial charge in [0, 0.05) is 39.3 Å². The Hall–Kier alpha value is -1.40. The zero-order valence-electron chi connectivity index (χ0n) is 11.0. The van der Waals surface area contributed by atoms with Gasteiger partial charge in [-0.25, -0.2) is 0 Å². The van der Waals surface area contributed by atoms with Gasteiger partial charge in [0.2, 0.25) is 5.91 Å². The largest absolute Gasteiger partial charge is 0.361 e. The molecule has 0 radical (unpaired) electrons. The molecule has 1 aliphatic heterocycles. The smallest absolute Gasteiger partial charge is 0.236 e. The molecule has 6 heteroatoms. The molecule has 1 N–H and O–H groups in total. The molecule has 0 unspecified atom stereocenters. The summed E-state index contributed by atoms with van der Waals surface area (Å²) in [4.78, 5) is 15.9. The lowest BCUT2D eigenvalue weighted by Crippen LogP contribution is -2.47. The number of rotatable bonds is 4. The first-order valence-electron chi connectivity index (χ1n) is 6.24. The summed E-state index contributed by atoms with van der Waals surface area (Å²) in [7, 11) is 1.80. The monoisotopic (exact) mass is 252 g/mol. The van der Waals surface area contributed by atoms with Crippen LogP contribution in [0, 0.1) is 6.92 Å². The molecule has 1 aromatic heterocycles. The average Bonchev–Trinajstić information content (AvgIpc) is 2.76. The van der Waals surface area contributed by atoms with Gasteiger partial charge < -0.3 is 14.7 Å². The SMILES string of the molecule is Cc1cc(CN(C)C(=O)CN2CCNCC2)no1. The molecule has 0 saturated carbocycles. The second kappa shape index (κ2) is 5.97. The molecule has 0 spiro atoms. The Balaban J connectivity index is 1.80. The van der Waals surface area contributed by atoms with Crippen molar-refractivity contribution in [1.82, 2.24) is 20.3 Å². The lowest BCUT2D eigenvalue weighted by atomic mass is 10.3. The van der Waals surface area contributed by atoms with E-state index in [2.05, 4.69) is 15.4 Å². The Morgan fingerprint density at radius 2 is 2.28 bits per heavy atom. The van der Waals surface area contributed by atoms with E-state index < -0.39 is 0 Å². The van der Waals surface area contributed by atoms with Crippen LogP contribution in [0.4, 0.5) is 0 Å². The van der Waals surface area contributed by atoms with Crippen LogP contribution in [0.1, 0.15) is 11.5 Å². The molecule has 1 amide bonds. The molecule has 0 atom stereocenters. The molecular weight excluding hydrogens is 232 g/mol. The second-order valence-corrected chi connectivity index (χ2v) is 4.70. The first-order chi connectivity index (χ1) is 8.65. The maximum Gasteiger partial charge on any atom is 0.236 e. The van der Waals surface area contributed by atoms with Crippen molar-refractivity contribution in [3.8, 4) is 0 Å². The van der Waals surface area contributed by atoms with Crippen molar-refractivity contribution in [3.05, 3.63) is 17.5 Å². The highest BCUT2D eigenvalue weighted by Gasteiger charge is 2.17. The number of nitrogens with zero attached hydrogens (tertiary/aromatic N) is 3. The number of amides is 1. The summed E-state index contributed by atoms with van der Waals surface area (Å²) >= 11 is 0. The summed E-state index contributed by atoms with van der Waals surface area (Å²) in [5.74, 6) is 0.894. The van der Waals surface area contributed by atoms with Gasteiger partial charge >= 0.3 is 0 Å². The molecule has 2 rings (SSSR count). The van der Waals surface area contributed by atoms with E-state index in [4.69, 9.17) is 4.52 Å². The number of aryl methyl sites for hydroxylation is 1. The highest BCUT2D eigenvalue weighted by Crippen LogP contribution is 2.05. The summed E-state index contributed by atoms with van der Waals surface area (Å²) < 4.78 is 4.99. The maximum absolute atomic E-state index is 12.0. The number of hydrogen-bond acceptors (Lipinski definition) is 5. The van der Waals surface area contributed by atoms with E-state index >= 15 is 0 Å². The van der Waals surface area contributed by atoms with Crippen LogP contribution in [0.25, 0.3) is 0 Å². The minimum absolute atomic E-state index is 0.123. The van der Waals surface area contributed by atoms with Gasteiger partial charge in [-0.15, -0.1) is 0 Å². The summed E-state index contributed by atoms with van der Waals surface area (Å²) in [6.07, 6.45) is 0. The van der Waals surface area contributed by atoms with Crippen LogP contribution in [-0.4, -0.2) is 60.6 Å². The molecule has 0 aromatic carbocycles. The van der Waals surface area contributed by atoms with Crippen molar-refractivity contribution in [3.63, 3.8) is 0 Å². The third-order valence-corrected chi connectivity index (χ3v) is 3.07. The summed E-state index contributed by atoms with van der Waals surface area (Å²) in [5.41, 5.74) is 0.795. The molecule has 6 nitrogen and oxygen atoms in total. The van der Waals surface area contributed by atoms with E-state index in [0.717, 1.165) is 37.6 Å². The standard InChI is InChI=1S/C12H20N4O2/c1-10-7-11(14-18-10)8-15(2)12(17)9-16-5-3-13-4-6-16/h7,13H,3-6,8-9H2,1-2H3. The van der Waals surface area contributed by atoms with Gasteiger partial charge in [0.25, 0.3) is 0 Å². The number of piperazine rings is 1. The van der Waals surface area contributed by atoms with Crippen LogP contribution in [0.3, 0.4) is 0 Å². The van der Waals surface area contributed by atoms with Crippen molar-refractivity contribution in [2.24, 2.45) is 0 Å². The quantitative estimate of drug-likeness (QED) is 0.807. The van der Waals surface area contributed by atoms with E-state index in [1.54, 1.807) is 11.9 Å². The number of carbonyl (C=O) groups is 1. The number of carbonyl (C=O) groups excluding carboxylic acids is 1. The van der Waals surface area contributed by atoms with Gasteiger partial charge in [-0.05, 0) is 6.92 Å². The number of aromatic nitrogens is 1. The lowest BCUT2D eigenvalue weighted by Gasteiger charge is -2.28. The molecule has 1 aliphatic rings. The highest BCUT2D eigenvalue weighted by molar-refractivity contribution is 5.77. The first-order valence-corrected chi connectivity index (χ1v) is 6.24. The predicted molar refractivity (Wildman–Crippen MR) is 67.0 cm³/mol. The molecule has 1 aromatic rings.